The molecule has 0 radical (unpaired) electrons. The van der Waals surface area contributed by atoms with E-state index in [9.17, 15) is 9.90 Å². The lowest BCUT2D eigenvalue weighted by Gasteiger charge is -2.34. The molecule has 1 fully saturated rings. The summed E-state index contributed by atoms with van der Waals surface area (Å²) in [7, 11) is 0. The molecule has 6 heteroatoms. The zero-order valence-electron chi connectivity index (χ0n) is 13.3. The van der Waals surface area contributed by atoms with Crippen LogP contribution in [-0.2, 0) is 0 Å². The fourth-order valence-corrected chi connectivity index (χ4v) is 2.83. The van der Waals surface area contributed by atoms with Crippen LogP contribution in [0.2, 0.25) is 5.02 Å². The first kappa shape index (κ1) is 17.0. The van der Waals surface area contributed by atoms with Crippen LogP contribution < -0.4 is 4.74 Å². The summed E-state index contributed by atoms with van der Waals surface area (Å²) in [5.74, 6) is 0.370. The molecule has 1 amide bonds. The van der Waals surface area contributed by atoms with Gasteiger partial charge < -0.3 is 14.7 Å². The third-order valence-electron chi connectivity index (χ3n) is 3.83. The highest BCUT2D eigenvalue weighted by atomic mass is 35.5. The minimum Gasteiger partial charge on any atom is -0.474 e. The molecule has 1 N–H and O–H groups in total. The van der Waals surface area contributed by atoms with E-state index >= 15 is 0 Å². The number of aliphatic hydroxyl groups excluding tert-OH is 1. The van der Waals surface area contributed by atoms with Gasteiger partial charge in [0.15, 0.2) is 0 Å². The maximum atomic E-state index is 12.6. The average Bonchev–Trinajstić information content (AvgIpc) is 2.48. The maximum absolute atomic E-state index is 12.6. The number of aromatic nitrogens is 1. The van der Waals surface area contributed by atoms with Gasteiger partial charge in [0.2, 0.25) is 5.88 Å². The maximum Gasteiger partial charge on any atom is 0.255 e. The lowest BCUT2D eigenvalue weighted by Crippen LogP contribution is -2.43. The summed E-state index contributed by atoms with van der Waals surface area (Å²) in [6.07, 6.45) is 2.91. The van der Waals surface area contributed by atoms with Gasteiger partial charge in [0.25, 0.3) is 5.91 Å². The second kappa shape index (κ2) is 7.29. The molecule has 2 heterocycles. The zero-order chi connectivity index (χ0) is 16.3. The lowest BCUT2D eigenvalue weighted by molar-refractivity contribution is 0.0465. The molecule has 122 valence electrons. The number of pyridine rings is 1. The number of ether oxygens (including phenoxy) is 1. The van der Waals surface area contributed by atoms with Crippen molar-refractivity contribution < 1.29 is 14.6 Å². The molecule has 5 nitrogen and oxygen atoms in total. The summed E-state index contributed by atoms with van der Waals surface area (Å²) in [5, 5.41) is 10.1. The molecule has 1 saturated heterocycles. The van der Waals surface area contributed by atoms with Crippen LogP contribution in [0.1, 0.15) is 44.0 Å². The molecule has 1 aromatic heterocycles. The van der Waals surface area contributed by atoms with E-state index in [1.165, 1.54) is 6.20 Å². The number of hydrogen-bond donors (Lipinski definition) is 1. The molecular formula is C16H23ClN2O3. The molecular weight excluding hydrogens is 304 g/mol. The van der Waals surface area contributed by atoms with Crippen molar-refractivity contribution in [3.63, 3.8) is 0 Å². The molecule has 1 aliphatic rings. The SMILES string of the molecule is CC(C)Oc1ncc(C(=O)N2CCC[C@@H]([C@H](C)O)C2)cc1Cl. The number of aliphatic hydroxyl groups is 1. The largest absolute Gasteiger partial charge is 0.474 e. The van der Waals surface area contributed by atoms with E-state index in [1.807, 2.05) is 13.8 Å². The Morgan fingerprint density at radius 1 is 1.50 bits per heavy atom. The van der Waals surface area contributed by atoms with Crippen LogP contribution in [0, 0.1) is 5.92 Å². The minimum absolute atomic E-state index is 0.0274. The number of carbonyl (C=O) groups excluding carboxylic acids is 1. The average molecular weight is 327 g/mol. The molecule has 0 bridgehead atoms. The fraction of sp³-hybridized carbons (Fsp3) is 0.625. The second-order valence-electron chi connectivity index (χ2n) is 6.07. The first-order valence-electron chi connectivity index (χ1n) is 7.68. The van der Waals surface area contributed by atoms with E-state index in [0.29, 0.717) is 29.6 Å². The smallest absolute Gasteiger partial charge is 0.255 e. The summed E-state index contributed by atoms with van der Waals surface area (Å²) in [6.45, 7) is 6.82. The molecule has 2 rings (SSSR count). The van der Waals surface area contributed by atoms with Gasteiger partial charge in [-0.05, 0) is 39.7 Å². The summed E-state index contributed by atoms with van der Waals surface area (Å²) >= 11 is 6.14. The number of piperidine rings is 1. The normalized spacial score (nSPS) is 20.1. The number of halogens is 1. The fourth-order valence-electron chi connectivity index (χ4n) is 2.62. The predicted molar refractivity (Wildman–Crippen MR) is 85.3 cm³/mol. The van der Waals surface area contributed by atoms with Crippen molar-refractivity contribution in [1.29, 1.82) is 0 Å². The molecule has 0 aromatic carbocycles. The van der Waals surface area contributed by atoms with Crippen LogP contribution in [0.3, 0.4) is 0 Å². The minimum atomic E-state index is -0.404. The highest BCUT2D eigenvalue weighted by Gasteiger charge is 2.27. The van der Waals surface area contributed by atoms with Gasteiger partial charge in [-0.15, -0.1) is 0 Å². The Labute approximate surface area is 136 Å². The summed E-state index contributed by atoms with van der Waals surface area (Å²) in [4.78, 5) is 18.5. The Bertz CT molecular complexity index is 534. The first-order chi connectivity index (χ1) is 10.4. The predicted octanol–water partition coefficient (Wildman–Crippen LogP) is 2.76. The van der Waals surface area contributed by atoms with E-state index in [0.717, 1.165) is 12.8 Å². The van der Waals surface area contributed by atoms with E-state index in [2.05, 4.69) is 4.98 Å². The van der Waals surface area contributed by atoms with E-state index in [4.69, 9.17) is 16.3 Å². The molecule has 0 saturated carbocycles. The summed E-state index contributed by atoms with van der Waals surface area (Å²) in [6, 6.07) is 1.60. The van der Waals surface area contributed by atoms with Gasteiger partial charge in [-0.1, -0.05) is 11.6 Å². The van der Waals surface area contributed by atoms with Gasteiger partial charge in [0.05, 0.1) is 17.8 Å². The Morgan fingerprint density at radius 3 is 2.82 bits per heavy atom. The van der Waals surface area contributed by atoms with Crippen LogP contribution in [-0.4, -0.2) is 46.2 Å². The number of amides is 1. The van der Waals surface area contributed by atoms with Gasteiger partial charge in [-0.2, -0.15) is 0 Å². The monoisotopic (exact) mass is 326 g/mol. The van der Waals surface area contributed by atoms with Gasteiger partial charge >= 0.3 is 0 Å². The zero-order valence-corrected chi connectivity index (χ0v) is 14.0. The van der Waals surface area contributed by atoms with Crippen molar-refractivity contribution in [2.75, 3.05) is 13.1 Å². The Hall–Kier alpha value is -1.33. The van der Waals surface area contributed by atoms with Crippen LogP contribution in [0.25, 0.3) is 0 Å². The van der Waals surface area contributed by atoms with E-state index < -0.39 is 6.10 Å². The van der Waals surface area contributed by atoms with Crippen LogP contribution >= 0.6 is 11.6 Å². The molecule has 0 aliphatic carbocycles. The topological polar surface area (TPSA) is 62.7 Å². The third-order valence-corrected chi connectivity index (χ3v) is 4.10. The van der Waals surface area contributed by atoms with Crippen molar-refractivity contribution in [3.05, 3.63) is 22.8 Å². The van der Waals surface area contributed by atoms with Gasteiger partial charge in [0, 0.05) is 25.2 Å². The van der Waals surface area contributed by atoms with Crippen LogP contribution in [0.15, 0.2) is 12.3 Å². The molecule has 0 spiro atoms. The van der Waals surface area contributed by atoms with Gasteiger partial charge in [-0.25, -0.2) is 4.98 Å². The summed E-state index contributed by atoms with van der Waals surface area (Å²) < 4.78 is 5.47. The van der Waals surface area contributed by atoms with Crippen molar-refractivity contribution in [2.45, 2.75) is 45.8 Å². The van der Waals surface area contributed by atoms with E-state index in [-0.39, 0.29) is 17.9 Å². The highest BCUT2D eigenvalue weighted by Crippen LogP contribution is 2.26. The van der Waals surface area contributed by atoms with Gasteiger partial charge in [0.1, 0.15) is 5.02 Å². The van der Waals surface area contributed by atoms with Crippen molar-refractivity contribution in [3.8, 4) is 5.88 Å². The standard InChI is InChI=1S/C16H23ClN2O3/c1-10(2)22-15-14(17)7-13(8-18-15)16(21)19-6-4-5-12(9-19)11(3)20/h7-8,10-12,20H,4-6,9H2,1-3H3/t11-,12+/m0/s1. The number of nitrogens with zero attached hydrogens (tertiary/aromatic N) is 2. The van der Waals surface area contributed by atoms with E-state index in [1.54, 1.807) is 17.9 Å². The number of rotatable bonds is 4. The van der Waals surface area contributed by atoms with Crippen molar-refractivity contribution in [1.82, 2.24) is 9.88 Å². The summed E-state index contributed by atoms with van der Waals surface area (Å²) in [5.41, 5.74) is 0.451. The lowest BCUT2D eigenvalue weighted by atomic mass is 9.93. The number of hydrogen-bond acceptors (Lipinski definition) is 4. The highest BCUT2D eigenvalue weighted by molar-refractivity contribution is 6.32. The Kier molecular flexibility index (Phi) is 5.64. The van der Waals surface area contributed by atoms with Crippen molar-refractivity contribution in [2.24, 2.45) is 5.92 Å². The van der Waals surface area contributed by atoms with Crippen LogP contribution in [0.5, 0.6) is 5.88 Å². The molecule has 1 aliphatic heterocycles. The molecule has 1 aromatic rings. The van der Waals surface area contributed by atoms with Gasteiger partial charge in [-0.3, -0.25) is 4.79 Å². The third kappa shape index (κ3) is 4.11. The van der Waals surface area contributed by atoms with Crippen LogP contribution in [0.4, 0.5) is 0 Å². The first-order valence-corrected chi connectivity index (χ1v) is 8.05. The number of carbonyl (C=O) groups is 1. The van der Waals surface area contributed by atoms with Crippen molar-refractivity contribution >= 4 is 17.5 Å². The second-order valence-corrected chi connectivity index (χ2v) is 6.48. The molecule has 0 unspecified atom stereocenters. The Morgan fingerprint density at radius 2 is 2.23 bits per heavy atom. The molecule has 22 heavy (non-hydrogen) atoms. The number of likely N-dealkylation sites (tertiary alicyclic amines) is 1. The Balaban J connectivity index is 2.10. The quantitative estimate of drug-likeness (QED) is 0.924. The molecule has 2 atom stereocenters.